The van der Waals surface area contributed by atoms with Crippen LogP contribution in [0.3, 0.4) is 0 Å². The molecule has 6 heteroatoms. The van der Waals surface area contributed by atoms with Gasteiger partial charge in [-0.2, -0.15) is 0 Å². The fourth-order valence-corrected chi connectivity index (χ4v) is 3.23. The van der Waals surface area contributed by atoms with Crippen LogP contribution >= 0.6 is 0 Å². The van der Waals surface area contributed by atoms with Crippen molar-refractivity contribution in [3.8, 4) is 0 Å². The number of nitrogens with zero attached hydrogens (tertiary/aromatic N) is 2. The molecule has 1 unspecified atom stereocenters. The Balaban J connectivity index is 1.88. The number of hydrogen-bond donors (Lipinski definition) is 3. The second kappa shape index (κ2) is 10.2. The normalized spacial score (nSPS) is 18.8. The van der Waals surface area contributed by atoms with Crippen molar-refractivity contribution in [2.45, 2.75) is 39.8 Å². The van der Waals surface area contributed by atoms with Crippen LogP contribution in [0.25, 0.3) is 0 Å². The zero-order chi connectivity index (χ0) is 18.9. The van der Waals surface area contributed by atoms with Crippen LogP contribution in [0.5, 0.6) is 0 Å². The number of carbonyl (C=O) groups excluding carboxylic acids is 1. The van der Waals surface area contributed by atoms with Crippen LogP contribution in [0, 0.1) is 11.8 Å². The summed E-state index contributed by atoms with van der Waals surface area (Å²) in [7, 11) is 1.79. The van der Waals surface area contributed by atoms with Crippen molar-refractivity contribution in [1.29, 1.82) is 0 Å². The van der Waals surface area contributed by atoms with E-state index in [4.69, 9.17) is 5.73 Å². The molecule has 0 bridgehead atoms. The Labute approximate surface area is 157 Å². The van der Waals surface area contributed by atoms with Crippen LogP contribution in [0.2, 0.25) is 0 Å². The average molecular weight is 360 g/mol. The van der Waals surface area contributed by atoms with Gasteiger partial charge >= 0.3 is 0 Å². The van der Waals surface area contributed by atoms with Crippen LogP contribution < -0.4 is 16.4 Å². The number of primary amides is 1. The van der Waals surface area contributed by atoms with Crippen molar-refractivity contribution in [3.63, 3.8) is 0 Å². The Kier molecular flexibility index (Phi) is 7.91. The van der Waals surface area contributed by atoms with Crippen molar-refractivity contribution in [3.05, 3.63) is 35.4 Å². The highest BCUT2D eigenvalue weighted by atomic mass is 16.1. The molecule has 144 valence electrons. The molecular weight excluding hydrogens is 326 g/mol. The van der Waals surface area contributed by atoms with Crippen LogP contribution in [0.4, 0.5) is 0 Å². The highest BCUT2D eigenvalue weighted by molar-refractivity contribution is 5.79. The Morgan fingerprint density at radius 1 is 1.35 bits per heavy atom. The molecule has 1 aromatic rings. The lowest BCUT2D eigenvalue weighted by Crippen LogP contribution is -2.40. The number of piperidine rings is 1. The van der Waals surface area contributed by atoms with Crippen LogP contribution in [-0.2, 0) is 17.9 Å². The number of nitrogens with one attached hydrogen (secondary N) is 2. The van der Waals surface area contributed by atoms with E-state index in [9.17, 15) is 4.79 Å². The number of carbonyl (C=O) groups is 1. The monoisotopic (exact) mass is 359 g/mol. The number of rotatable bonds is 7. The summed E-state index contributed by atoms with van der Waals surface area (Å²) in [4.78, 5) is 18.0. The summed E-state index contributed by atoms with van der Waals surface area (Å²) in [6.07, 6.45) is 1.95. The average Bonchev–Trinajstić information content (AvgIpc) is 2.62. The Morgan fingerprint density at radius 2 is 2.12 bits per heavy atom. The number of nitrogens with two attached hydrogens (primary N) is 1. The Hall–Kier alpha value is -2.08. The smallest absolute Gasteiger partial charge is 0.221 e. The van der Waals surface area contributed by atoms with Crippen LogP contribution in [0.15, 0.2) is 29.3 Å². The minimum atomic E-state index is -0.173. The van der Waals surface area contributed by atoms with Gasteiger partial charge < -0.3 is 16.4 Å². The van der Waals surface area contributed by atoms with E-state index in [-0.39, 0.29) is 11.8 Å². The third kappa shape index (κ3) is 6.67. The molecule has 0 aromatic heterocycles. The standard InChI is InChI=1S/C20H33N5O/c1-15(2)11-23-20(22-3)24-12-16-6-4-7-17(10-16)13-25-9-5-8-18(14-25)19(21)26/h4,6-7,10,15,18H,5,8-9,11-14H2,1-3H3,(H2,21,26)(H2,22,23,24). The Morgan fingerprint density at radius 3 is 2.81 bits per heavy atom. The van der Waals surface area contributed by atoms with Crippen molar-refractivity contribution < 1.29 is 4.79 Å². The molecule has 0 radical (unpaired) electrons. The SMILES string of the molecule is CN=C(NCc1cccc(CN2CCCC(C(N)=O)C2)c1)NCC(C)C. The first-order valence-corrected chi connectivity index (χ1v) is 9.52. The number of benzene rings is 1. The molecule has 1 atom stereocenters. The van der Waals surface area contributed by atoms with E-state index in [2.05, 4.69) is 58.6 Å². The molecule has 1 saturated heterocycles. The van der Waals surface area contributed by atoms with E-state index < -0.39 is 0 Å². The van der Waals surface area contributed by atoms with Gasteiger partial charge in [0.05, 0.1) is 5.92 Å². The number of guanidine groups is 1. The molecule has 1 aliphatic heterocycles. The van der Waals surface area contributed by atoms with Gasteiger partial charge in [0.1, 0.15) is 0 Å². The maximum absolute atomic E-state index is 11.4. The lowest BCUT2D eigenvalue weighted by molar-refractivity contribution is -0.123. The highest BCUT2D eigenvalue weighted by Gasteiger charge is 2.23. The molecule has 1 amide bonds. The fourth-order valence-electron chi connectivity index (χ4n) is 3.23. The molecule has 4 N–H and O–H groups in total. The van der Waals surface area contributed by atoms with Gasteiger partial charge in [0.25, 0.3) is 0 Å². The molecule has 0 aliphatic carbocycles. The van der Waals surface area contributed by atoms with Gasteiger partial charge in [0, 0.05) is 33.2 Å². The van der Waals surface area contributed by atoms with Gasteiger partial charge in [-0.25, -0.2) is 0 Å². The highest BCUT2D eigenvalue weighted by Crippen LogP contribution is 2.18. The third-order valence-corrected chi connectivity index (χ3v) is 4.67. The quantitative estimate of drug-likeness (QED) is 0.511. The predicted octanol–water partition coefficient (Wildman–Crippen LogP) is 1.70. The Bertz CT molecular complexity index is 614. The summed E-state index contributed by atoms with van der Waals surface area (Å²) in [6.45, 7) is 8.63. The van der Waals surface area contributed by atoms with E-state index in [1.54, 1.807) is 7.05 Å². The van der Waals surface area contributed by atoms with Gasteiger partial charge in [-0.05, 0) is 36.4 Å². The second-order valence-electron chi connectivity index (χ2n) is 7.50. The lowest BCUT2D eigenvalue weighted by atomic mass is 9.97. The molecule has 0 saturated carbocycles. The van der Waals surface area contributed by atoms with Crippen molar-refractivity contribution in [2.75, 3.05) is 26.7 Å². The molecule has 2 rings (SSSR count). The first kappa shape index (κ1) is 20.2. The third-order valence-electron chi connectivity index (χ3n) is 4.67. The van der Waals surface area contributed by atoms with Gasteiger partial charge in [-0.3, -0.25) is 14.7 Å². The first-order chi connectivity index (χ1) is 12.5. The van der Waals surface area contributed by atoms with Gasteiger partial charge in [0.15, 0.2) is 5.96 Å². The molecule has 1 aromatic carbocycles. The zero-order valence-electron chi connectivity index (χ0n) is 16.3. The van der Waals surface area contributed by atoms with Gasteiger partial charge in [-0.15, -0.1) is 0 Å². The molecule has 1 aliphatic rings. The summed E-state index contributed by atoms with van der Waals surface area (Å²) in [6, 6.07) is 8.57. The zero-order valence-corrected chi connectivity index (χ0v) is 16.3. The van der Waals surface area contributed by atoms with E-state index in [1.807, 2.05) is 0 Å². The summed E-state index contributed by atoms with van der Waals surface area (Å²) >= 11 is 0. The van der Waals surface area contributed by atoms with Gasteiger partial charge in [0.2, 0.25) is 5.91 Å². The fraction of sp³-hybridized carbons (Fsp3) is 0.600. The van der Waals surface area contributed by atoms with E-state index in [1.165, 1.54) is 11.1 Å². The van der Waals surface area contributed by atoms with Crippen molar-refractivity contribution in [2.24, 2.45) is 22.6 Å². The number of likely N-dealkylation sites (tertiary alicyclic amines) is 1. The molecule has 6 nitrogen and oxygen atoms in total. The topological polar surface area (TPSA) is 82.8 Å². The second-order valence-corrected chi connectivity index (χ2v) is 7.50. The molecule has 1 fully saturated rings. The summed E-state index contributed by atoms with van der Waals surface area (Å²) < 4.78 is 0. The predicted molar refractivity (Wildman–Crippen MR) is 107 cm³/mol. The van der Waals surface area contributed by atoms with Crippen LogP contribution in [0.1, 0.15) is 37.8 Å². The van der Waals surface area contributed by atoms with Crippen molar-refractivity contribution in [1.82, 2.24) is 15.5 Å². The van der Waals surface area contributed by atoms with E-state index in [0.29, 0.717) is 5.92 Å². The number of amides is 1. The molecule has 1 heterocycles. The largest absolute Gasteiger partial charge is 0.369 e. The minimum Gasteiger partial charge on any atom is -0.369 e. The summed E-state index contributed by atoms with van der Waals surface area (Å²) in [5.41, 5.74) is 7.96. The summed E-state index contributed by atoms with van der Waals surface area (Å²) in [5, 5.41) is 6.68. The summed E-state index contributed by atoms with van der Waals surface area (Å²) in [5.74, 6) is 1.21. The first-order valence-electron chi connectivity index (χ1n) is 9.52. The van der Waals surface area contributed by atoms with Gasteiger partial charge in [-0.1, -0.05) is 38.1 Å². The lowest BCUT2D eigenvalue weighted by Gasteiger charge is -2.31. The van der Waals surface area contributed by atoms with E-state index >= 15 is 0 Å². The van der Waals surface area contributed by atoms with Crippen LogP contribution in [-0.4, -0.2) is 43.4 Å². The molecule has 26 heavy (non-hydrogen) atoms. The van der Waals surface area contributed by atoms with Crippen molar-refractivity contribution >= 4 is 11.9 Å². The maximum atomic E-state index is 11.4. The number of hydrogen-bond acceptors (Lipinski definition) is 3. The maximum Gasteiger partial charge on any atom is 0.221 e. The van der Waals surface area contributed by atoms with E-state index in [0.717, 1.165) is 51.5 Å². The molecular formula is C20H33N5O. The molecule has 0 spiro atoms. The minimum absolute atomic E-state index is 0.0102. The number of aliphatic imine (C=N–C) groups is 1.